The molecule has 2 heterocycles. The lowest BCUT2D eigenvalue weighted by molar-refractivity contribution is -0.132. The number of nitrogens with one attached hydrogen (secondary N) is 1. The molecule has 0 atom stereocenters. The number of hydrogen-bond acceptors (Lipinski definition) is 6. The summed E-state index contributed by atoms with van der Waals surface area (Å²) in [5.41, 5.74) is 3.40. The summed E-state index contributed by atoms with van der Waals surface area (Å²) in [6, 6.07) is 17.8. The van der Waals surface area contributed by atoms with Crippen LogP contribution in [0.15, 0.2) is 60.0 Å². The molecule has 0 aliphatic carbocycles. The van der Waals surface area contributed by atoms with Crippen LogP contribution in [-0.4, -0.2) is 76.7 Å². The lowest BCUT2D eigenvalue weighted by Crippen LogP contribution is -2.48. The molecule has 1 aliphatic heterocycles. The average molecular weight is 548 g/mol. The summed E-state index contributed by atoms with van der Waals surface area (Å²) in [5, 5.41) is 5.05. The number of benzene rings is 2. The highest BCUT2D eigenvalue weighted by Crippen LogP contribution is 2.18. The maximum atomic E-state index is 13.2. The minimum atomic E-state index is -0.306. The Bertz CT molecular complexity index is 1270. The fourth-order valence-corrected chi connectivity index (χ4v) is 5.41. The smallest absolute Gasteiger partial charge is 0.254 e. The molecule has 0 spiro atoms. The molecule has 0 saturated carbocycles. The Morgan fingerprint density at radius 3 is 2.38 bits per heavy atom. The number of carbonyl (C=O) groups is 3. The lowest BCUT2D eigenvalue weighted by Gasteiger charge is -2.34. The molecule has 0 unspecified atom stereocenters. The van der Waals surface area contributed by atoms with Crippen LogP contribution in [0.1, 0.15) is 41.0 Å². The highest BCUT2D eigenvalue weighted by molar-refractivity contribution is 7.13. The molecule has 1 fully saturated rings. The van der Waals surface area contributed by atoms with Crippen LogP contribution >= 0.6 is 11.3 Å². The number of hydrogen-bond donors (Lipinski definition) is 1. The highest BCUT2D eigenvalue weighted by atomic mass is 32.1. The molecule has 206 valence electrons. The van der Waals surface area contributed by atoms with Gasteiger partial charge in [-0.15, -0.1) is 11.3 Å². The molecule has 1 saturated heterocycles. The van der Waals surface area contributed by atoms with Crippen LogP contribution in [0.3, 0.4) is 0 Å². The normalized spacial score (nSPS) is 13.9. The summed E-state index contributed by atoms with van der Waals surface area (Å²) in [5.74, 6) is -0.210. The van der Waals surface area contributed by atoms with Crippen molar-refractivity contribution in [2.24, 2.45) is 5.92 Å². The van der Waals surface area contributed by atoms with Gasteiger partial charge in [0.2, 0.25) is 11.8 Å². The zero-order valence-electron chi connectivity index (χ0n) is 22.9. The predicted molar refractivity (Wildman–Crippen MR) is 155 cm³/mol. The number of amides is 3. The van der Waals surface area contributed by atoms with Crippen molar-refractivity contribution in [3.8, 4) is 0 Å². The van der Waals surface area contributed by atoms with Crippen molar-refractivity contribution in [3.63, 3.8) is 0 Å². The number of piperazine rings is 1. The monoisotopic (exact) mass is 547 g/mol. The Kier molecular flexibility index (Phi) is 9.84. The van der Waals surface area contributed by atoms with E-state index in [0.29, 0.717) is 36.0 Å². The van der Waals surface area contributed by atoms with Crippen LogP contribution in [0, 0.1) is 12.8 Å². The van der Waals surface area contributed by atoms with E-state index in [1.165, 1.54) is 16.9 Å². The number of carbonyl (C=O) groups excluding carboxylic acids is 3. The Hall–Kier alpha value is -3.56. The molecule has 3 aromatic rings. The molecule has 1 aliphatic rings. The van der Waals surface area contributed by atoms with Crippen LogP contribution in [-0.2, 0) is 22.6 Å². The maximum absolute atomic E-state index is 13.2. The Balaban J connectivity index is 1.27. The SMILES string of the molecule is Cc1ccccc1C(=O)N(CC(=O)Nc1nc(CC(=O)N2CCN(Cc3ccccc3)CC2)cs1)CC(C)C. The first kappa shape index (κ1) is 28.4. The number of aryl methyl sites for hydroxylation is 1. The van der Waals surface area contributed by atoms with E-state index in [2.05, 4.69) is 27.3 Å². The zero-order valence-corrected chi connectivity index (χ0v) is 23.7. The third kappa shape index (κ3) is 8.21. The van der Waals surface area contributed by atoms with Gasteiger partial charge in [-0.25, -0.2) is 4.98 Å². The van der Waals surface area contributed by atoms with Gasteiger partial charge in [-0.3, -0.25) is 19.3 Å². The topological polar surface area (TPSA) is 85.8 Å². The van der Waals surface area contributed by atoms with Gasteiger partial charge in [0.1, 0.15) is 6.54 Å². The first-order chi connectivity index (χ1) is 18.8. The summed E-state index contributed by atoms with van der Waals surface area (Å²) in [6.07, 6.45) is 0.205. The van der Waals surface area contributed by atoms with E-state index in [-0.39, 0.29) is 36.6 Å². The van der Waals surface area contributed by atoms with E-state index < -0.39 is 0 Å². The first-order valence-electron chi connectivity index (χ1n) is 13.4. The van der Waals surface area contributed by atoms with Gasteiger partial charge in [0, 0.05) is 50.2 Å². The summed E-state index contributed by atoms with van der Waals surface area (Å²) in [7, 11) is 0. The quantitative estimate of drug-likeness (QED) is 0.414. The van der Waals surface area contributed by atoms with Crippen molar-refractivity contribution in [1.82, 2.24) is 19.7 Å². The lowest BCUT2D eigenvalue weighted by atomic mass is 10.1. The Labute approximate surface area is 234 Å². The van der Waals surface area contributed by atoms with E-state index >= 15 is 0 Å². The highest BCUT2D eigenvalue weighted by Gasteiger charge is 2.24. The Morgan fingerprint density at radius 2 is 1.69 bits per heavy atom. The second-order valence-electron chi connectivity index (χ2n) is 10.4. The van der Waals surface area contributed by atoms with E-state index in [0.717, 1.165) is 25.2 Å². The van der Waals surface area contributed by atoms with Crippen LogP contribution in [0.2, 0.25) is 0 Å². The summed E-state index contributed by atoms with van der Waals surface area (Å²) in [4.78, 5) is 49.2. The van der Waals surface area contributed by atoms with Gasteiger partial charge in [-0.05, 0) is 30.0 Å². The maximum Gasteiger partial charge on any atom is 0.254 e. The van der Waals surface area contributed by atoms with E-state index in [9.17, 15) is 14.4 Å². The second kappa shape index (κ2) is 13.5. The molecule has 0 radical (unpaired) electrons. The number of nitrogens with zero attached hydrogens (tertiary/aromatic N) is 4. The number of thiazole rings is 1. The van der Waals surface area contributed by atoms with Crippen molar-refractivity contribution in [3.05, 3.63) is 82.4 Å². The van der Waals surface area contributed by atoms with Crippen LogP contribution in [0.25, 0.3) is 0 Å². The minimum Gasteiger partial charge on any atom is -0.340 e. The fraction of sp³-hybridized carbons (Fsp3) is 0.400. The van der Waals surface area contributed by atoms with Gasteiger partial charge in [0.15, 0.2) is 5.13 Å². The van der Waals surface area contributed by atoms with E-state index in [4.69, 9.17) is 0 Å². The molecule has 1 N–H and O–H groups in total. The fourth-order valence-electron chi connectivity index (χ4n) is 4.68. The molecule has 39 heavy (non-hydrogen) atoms. The third-order valence-electron chi connectivity index (χ3n) is 6.69. The molecular formula is C30H37N5O3S. The zero-order chi connectivity index (χ0) is 27.8. The number of aromatic nitrogens is 1. The van der Waals surface area contributed by atoms with Gasteiger partial charge in [-0.1, -0.05) is 62.4 Å². The van der Waals surface area contributed by atoms with Gasteiger partial charge in [-0.2, -0.15) is 0 Å². The van der Waals surface area contributed by atoms with Crippen molar-refractivity contribution in [1.29, 1.82) is 0 Å². The predicted octanol–water partition coefficient (Wildman–Crippen LogP) is 4.08. The van der Waals surface area contributed by atoms with Gasteiger partial charge in [0.05, 0.1) is 12.1 Å². The van der Waals surface area contributed by atoms with E-state index in [1.54, 1.807) is 11.0 Å². The van der Waals surface area contributed by atoms with Crippen LogP contribution in [0.5, 0.6) is 0 Å². The summed E-state index contributed by atoms with van der Waals surface area (Å²) >= 11 is 1.29. The Morgan fingerprint density at radius 1 is 1.00 bits per heavy atom. The summed E-state index contributed by atoms with van der Waals surface area (Å²) in [6.45, 7) is 10.3. The molecule has 0 bridgehead atoms. The largest absolute Gasteiger partial charge is 0.340 e. The molecular weight excluding hydrogens is 510 g/mol. The first-order valence-corrected chi connectivity index (χ1v) is 14.3. The summed E-state index contributed by atoms with van der Waals surface area (Å²) < 4.78 is 0. The van der Waals surface area contributed by atoms with Gasteiger partial charge < -0.3 is 15.1 Å². The van der Waals surface area contributed by atoms with Crippen molar-refractivity contribution < 1.29 is 14.4 Å². The number of rotatable bonds is 10. The average Bonchev–Trinajstić information content (AvgIpc) is 3.35. The van der Waals surface area contributed by atoms with Crippen molar-refractivity contribution >= 4 is 34.2 Å². The standard InChI is InChI=1S/C30H37N5O3S/c1-22(2)18-35(29(38)26-12-8-7-9-23(26)3)20-27(36)32-30-31-25(21-39-30)17-28(37)34-15-13-33(14-16-34)19-24-10-5-4-6-11-24/h4-12,21-22H,13-20H2,1-3H3,(H,31,32,36). The van der Waals surface area contributed by atoms with Crippen LogP contribution < -0.4 is 5.32 Å². The van der Waals surface area contributed by atoms with Crippen molar-refractivity contribution in [2.45, 2.75) is 33.7 Å². The molecule has 1 aromatic heterocycles. The van der Waals surface area contributed by atoms with Gasteiger partial charge >= 0.3 is 0 Å². The van der Waals surface area contributed by atoms with Crippen LogP contribution in [0.4, 0.5) is 5.13 Å². The second-order valence-corrected chi connectivity index (χ2v) is 11.3. The molecule has 4 rings (SSSR count). The van der Waals surface area contributed by atoms with Gasteiger partial charge in [0.25, 0.3) is 5.91 Å². The molecule has 2 aromatic carbocycles. The van der Waals surface area contributed by atoms with Crippen molar-refractivity contribution in [2.75, 3.05) is 44.6 Å². The molecule has 8 nitrogen and oxygen atoms in total. The molecule has 9 heteroatoms. The number of anilines is 1. The minimum absolute atomic E-state index is 0.0458. The third-order valence-corrected chi connectivity index (χ3v) is 7.49. The van der Waals surface area contributed by atoms with E-state index in [1.807, 2.05) is 67.4 Å². The molecule has 3 amide bonds.